The van der Waals surface area contributed by atoms with Gasteiger partial charge in [-0.2, -0.15) is 0 Å². The maximum absolute atomic E-state index is 13.4. The number of carbonyl (C=O) groups excluding carboxylic acids is 1. The van der Waals surface area contributed by atoms with E-state index in [1.165, 1.54) is 12.8 Å². The van der Waals surface area contributed by atoms with Gasteiger partial charge < -0.3 is 10.1 Å². The number of hydrogen-bond donors (Lipinski definition) is 2. The fourth-order valence-electron chi connectivity index (χ4n) is 5.28. The highest BCUT2D eigenvalue weighted by Crippen LogP contribution is 2.58. The van der Waals surface area contributed by atoms with Crippen LogP contribution < -0.4 is 10.1 Å². The minimum absolute atomic E-state index is 0.148. The summed E-state index contributed by atoms with van der Waals surface area (Å²) in [5.74, 6) is 1.75. The maximum Gasteiger partial charge on any atom is 0.230 e. The molecule has 0 aliphatic heterocycles. The smallest absolute Gasteiger partial charge is 0.230 e. The molecule has 2 aliphatic rings. The predicted octanol–water partition coefficient (Wildman–Crippen LogP) is 5.26. The lowest BCUT2D eigenvalue weighted by molar-refractivity contribution is -0.123. The molecule has 2 N–H and O–H groups in total. The molecule has 2 heterocycles. The van der Waals surface area contributed by atoms with Crippen LogP contribution in [0.25, 0.3) is 22.5 Å². The molecule has 8 nitrogen and oxygen atoms in total. The van der Waals surface area contributed by atoms with Crippen molar-refractivity contribution in [2.45, 2.75) is 59.3 Å². The van der Waals surface area contributed by atoms with Crippen LogP contribution in [-0.2, 0) is 4.79 Å². The van der Waals surface area contributed by atoms with Gasteiger partial charge in [0.05, 0.1) is 12.0 Å². The number of nitrogens with one attached hydrogen (secondary N) is 2. The summed E-state index contributed by atoms with van der Waals surface area (Å²) in [6.07, 6.45) is 8.41. The van der Waals surface area contributed by atoms with Gasteiger partial charge in [-0.15, -0.1) is 5.10 Å². The van der Waals surface area contributed by atoms with Crippen LogP contribution in [0.4, 0.5) is 5.69 Å². The highest BCUT2D eigenvalue weighted by molar-refractivity contribution is 5.98. The van der Waals surface area contributed by atoms with Gasteiger partial charge in [-0.05, 0) is 91.0 Å². The summed E-state index contributed by atoms with van der Waals surface area (Å²) in [5.41, 5.74) is 3.58. The van der Waals surface area contributed by atoms with E-state index in [0.29, 0.717) is 29.6 Å². The van der Waals surface area contributed by atoms with Gasteiger partial charge >= 0.3 is 0 Å². The number of tetrazole rings is 1. The molecule has 34 heavy (non-hydrogen) atoms. The van der Waals surface area contributed by atoms with E-state index in [9.17, 15) is 4.79 Å². The molecule has 8 heteroatoms. The third kappa shape index (κ3) is 4.41. The van der Waals surface area contributed by atoms with Gasteiger partial charge in [0.15, 0.2) is 5.82 Å². The Hall–Kier alpha value is -3.29. The zero-order valence-electron chi connectivity index (χ0n) is 20.1. The van der Waals surface area contributed by atoms with Gasteiger partial charge in [-0.25, -0.2) is 10.1 Å². The number of rotatable bonds is 7. The Balaban J connectivity index is 1.39. The van der Waals surface area contributed by atoms with Crippen LogP contribution >= 0.6 is 0 Å². The molecule has 0 spiro atoms. The molecule has 5 rings (SSSR count). The minimum Gasteiger partial charge on any atom is -0.478 e. The summed E-state index contributed by atoms with van der Waals surface area (Å²) in [6, 6.07) is 9.67. The van der Waals surface area contributed by atoms with Crippen molar-refractivity contribution in [3.8, 4) is 28.4 Å². The first kappa shape index (κ1) is 22.5. The van der Waals surface area contributed by atoms with Crippen LogP contribution in [0.1, 0.15) is 59.3 Å². The van der Waals surface area contributed by atoms with Crippen LogP contribution in [0.15, 0.2) is 36.5 Å². The second-order valence-electron chi connectivity index (χ2n) is 10.4. The normalized spacial score (nSPS) is 18.9. The number of H-pyrrole nitrogens is 1. The first-order valence-electron chi connectivity index (χ1n) is 12.2. The Morgan fingerprint density at radius 1 is 1.12 bits per heavy atom. The molecule has 2 saturated carbocycles. The van der Waals surface area contributed by atoms with E-state index in [4.69, 9.17) is 4.74 Å². The molecular formula is C26H32N6O2. The lowest BCUT2D eigenvalue weighted by atomic mass is 9.68. The van der Waals surface area contributed by atoms with E-state index in [2.05, 4.69) is 44.8 Å². The largest absolute Gasteiger partial charge is 0.478 e. The minimum atomic E-state index is -0.206. The van der Waals surface area contributed by atoms with Crippen molar-refractivity contribution in [3.05, 3.63) is 36.5 Å². The van der Waals surface area contributed by atoms with Crippen molar-refractivity contribution in [1.29, 1.82) is 0 Å². The third-order valence-electron chi connectivity index (χ3n) is 7.58. The van der Waals surface area contributed by atoms with Crippen molar-refractivity contribution >= 4 is 11.6 Å². The molecule has 1 amide bonds. The molecule has 2 aliphatic carbocycles. The number of amides is 1. The Labute approximate surface area is 199 Å². The number of aromatic nitrogens is 5. The summed E-state index contributed by atoms with van der Waals surface area (Å²) in [6.45, 7) is 7.17. The van der Waals surface area contributed by atoms with E-state index in [0.717, 1.165) is 48.1 Å². The van der Waals surface area contributed by atoms with Crippen LogP contribution in [0.3, 0.4) is 0 Å². The highest BCUT2D eigenvalue weighted by Gasteiger charge is 2.56. The van der Waals surface area contributed by atoms with Crippen LogP contribution in [0, 0.1) is 16.7 Å². The van der Waals surface area contributed by atoms with E-state index < -0.39 is 0 Å². The highest BCUT2D eigenvalue weighted by atomic mass is 16.5. The van der Waals surface area contributed by atoms with Crippen molar-refractivity contribution in [1.82, 2.24) is 25.6 Å². The van der Waals surface area contributed by atoms with Gasteiger partial charge in [0.2, 0.25) is 11.8 Å². The molecule has 1 aromatic carbocycles. The number of anilines is 1. The quantitative estimate of drug-likeness (QED) is 0.498. The summed E-state index contributed by atoms with van der Waals surface area (Å²) in [5, 5.41) is 17.7. The van der Waals surface area contributed by atoms with E-state index in [1.54, 1.807) is 6.20 Å². The SMILES string of the molecule is CCOc1ccc(-c2ccc(NC(=O)C3(C4CCC(C)(C)CC4)CC3)cc2-c2nnn[nH]2)cn1. The Kier molecular flexibility index (Phi) is 5.83. The topological polar surface area (TPSA) is 106 Å². The first-order valence-corrected chi connectivity index (χ1v) is 12.2. The third-order valence-corrected chi connectivity index (χ3v) is 7.58. The monoisotopic (exact) mass is 460 g/mol. The van der Waals surface area contributed by atoms with Gasteiger partial charge in [0.25, 0.3) is 0 Å². The fourth-order valence-corrected chi connectivity index (χ4v) is 5.28. The number of benzene rings is 1. The van der Waals surface area contributed by atoms with Crippen LogP contribution in [0.5, 0.6) is 5.88 Å². The summed E-state index contributed by atoms with van der Waals surface area (Å²) < 4.78 is 5.46. The number of pyridine rings is 1. The maximum atomic E-state index is 13.4. The number of nitrogens with zero attached hydrogens (tertiary/aromatic N) is 4. The van der Waals surface area contributed by atoms with Gasteiger partial charge in [0, 0.05) is 29.1 Å². The molecule has 3 aromatic rings. The van der Waals surface area contributed by atoms with Gasteiger partial charge in [-0.1, -0.05) is 19.9 Å². The number of hydrogen-bond acceptors (Lipinski definition) is 6. The Morgan fingerprint density at radius 2 is 1.91 bits per heavy atom. The molecule has 2 fully saturated rings. The summed E-state index contributed by atoms with van der Waals surface area (Å²) >= 11 is 0. The lowest BCUT2D eigenvalue weighted by Gasteiger charge is -2.37. The zero-order chi connectivity index (χ0) is 23.8. The number of aromatic amines is 1. The second-order valence-corrected chi connectivity index (χ2v) is 10.4. The van der Waals surface area contributed by atoms with Crippen molar-refractivity contribution in [2.24, 2.45) is 16.7 Å². The predicted molar refractivity (Wildman–Crippen MR) is 130 cm³/mol. The van der Waals surface area contributed by atoms with E-state index in [-0.39, 0.29) is 11.3 Å². The zero-order valence-corrected chi connectivity index (χ0v) is 20.1. The van der Waals surface area contributed by atoms with Crippen molar-refractivity contribution in [2.75, 3.05) is 11.9 Å². The number of carbonyl (C=O) groups is 1. The molecule has 0 bridgehead atoms. The second kappa shape index (κ2) is 8.81. The molecule has 0 unspecified atom stereocenters. The average Bonchev–Trinajstić information content (AvgIpc) is 3.45. The fraction of sp³-hybridized carbons (Fsp3) is 0.500. The van der Waals surface area contributed by atoms with Crippen LogP contribution in [0.2, 0.25) is 0 Å². The lowest BCUT2D eigenvalue weighted by Crippen LogP contribution is -2.35. The van der Waals surface area contributed by atoms with Gasteiger partial charge in [-0.3, -0.25) is 4.79 Å². The molecular weight excluding hydrogens is 428 g/mol. The van der Waals surface area contributed by atoms with Crippen molar-refractivity contribution in [3.63, 3.8) is 0 Å². The van der Waals surface area contributed by atoms with Crippen LogP contribution in [-0.4, -0.2) is 38.1 Å². The van der Waals surface area contributed by atoms with Gasteiger partial charge in [0.1, 0.15) is 0 Å². The molecule has 0 radical (unpaired) electrons. The molecule has 178 valence electrons. The van der Waals surface area contributed by atoms with Crippen molar-refractivity contribution < 1.29 is 9.53 Å². The first-order chi connectivity index (χ1) is 16.4. The average molecular weight is 461 g/mol. The van der Waals surface area contributed by atoms with E-state index >= 15 is 0 Å². The molecule has 0 saturated heterocycles. The molecule has 2 aromatic heterocycles. The standard InChI is InChI=1S/C26H32N6O2/c1-4-34-22-8-5-17(16-27-22)20-7-6-19(15-21(20)23-29-31-32-30-23)28-24(33)26(13-14-26)18-9-11-25(2,3)12-10-18/h5-8,15-16,18H,4,9-14H2,1-3H3,(H,28,33)(H,29,30,31,32). The Bertz CT molecular complexity index is 1140. The van der Waals surface area contributed by atoms with E-state index in [1.807, 2.05) is 37.3 Å². The molecule has 0 atom stereocenters. The summed E-state index contributed by atoms with van der Waals surface area (Å²) in [7, 11) is 0. The number of ether oxygens (including phenoxy) is 1. The summed E-state index contributed by atoms with van der Waals surface area (Å²) in [4.78, 5) is 17.8. The Morgan fingerprint density at radius 3 is 2.53 bits per heavy atom.